The normalized spacial score (nSPS) is 17.4. The molecule has 3 heteroatoms. The van der Waals surface area contributed by atoms with E-state index in [1.807, 2.05) is 6.07 Å². The lowest BCUT2D eigenvalue weighted by molar-refractivity contribution is 0.147. The first-order valence-electron chi connectivity index (χ1n) is 6.12. The van der Waals surface area contributed by atoms with Crippen LogP contribution in [0.3, 0.4) is 0 Å². The van der Waals surface area contributed by atoms with E-state index in [-0.39, 0.29) is 0 Å². The Hall–Kier alpha value is -1.09. The highest BCUT2D eigenvalue weighted by Crippen LogP contribution is 2.25. The fraction of sp³-hybridized carbons (Fsp3) is 0.615. The van der Waals surface area contributed by atoms with Gasteiger partial charge in [0.1, 0.15) is 6.10 Å². The molecule has 88 valence electrons. The van der Waals surface area contributed by atoms with Crippen molar-refractivity contribution in [2.75, 3.05) is 0 Å². The Bertz CT molecular complexity index is 346. The number of ether oxygens (including phenoxy) is 1. The topological polar surface area (TPSA) is 48.1 Å². The maximum absolute atomic E-state index is 5.97. The number of rotatable bonds is 3. The zero-order valence-electron chi connectivity index (χ0n) is 9.91. The number of hydrogen-bond acceptors (Lipinski definition) is 3. The molecule has 0 aromatic carbocycles. The Kier molecular flexibility index (Phi) is 3.78. The number of hydrogen-bond donors (Lipinski definition) is 1. The summed E-state index contributed by atoms with van der Waals surface area (Å²) < 4.78 is 5.97. The molecule has 0 radical (unpaired) electrons. The van der Waals surface area contributed by atoms with E-state index < -0.39 is 0 Å². The molecule has 1 aromatic heterocycles. The first-order chi connectivity index (χ1) is 7.81. The third kappa shape index (κ3) is 2.53. The van der Waals surface area contributed by atoms with E-state index in [1.54, 1.807) is 6.20 Å². The fourth-order valence-electron chi connectivity index (χ4n) is 2.25. The molecule has 1 aromatic rings. The molecule has 3 nitrogen and oxygen atoms in total. The maximum Gasteiger partial charge on any atom is 0.218 e. The summed E-state index contributed by atoms with van der Waals surface area (Å²) in [7, 11) is 0. The second-order valence-electron chi connectivity index (χ2n) is 4.49. The molecule has 0 aliphatic heterocycles. The van der Waals surface area contributed by atoms with Crippen LogP contribution in [-0.4, -0.2) is 11.1 Å². The lowest BCUT2D eigenvalue weighted by atomic mass is 9.98. The summed E-state index contributed by atoms with van der Waals surface area (Å²) in [5.74, 6) is 0.745. The first kappa shape index (κ1) is 11.4. The molecule has 0 amide bonds. The van der Waals surface area contributed by atoms with Crippen LogP contribution < -0.4 is 10.5 Å². The van der Waals surface area contributed by atoms with Crippen molar-refractivity contribution in [2.24, 2.45) is 5.73 Å². The van der Waals surface area contributed by atoms with Gasteiger partial charge in [-0.05, 0) is 44.2 Å². The molecule has 16 heavy (non-hydrogen) atoms. The lowest BCUT2D eigenvalue weighted by Crippen LogP contribution is -2.21. The molecular formula is C13H20N2O. The summed E-state index contributed by atoms with van der Waals surface area (Å²) in [6.07, 6.45) is 8.33. The molecule has 1 aliphatic rings. The van der Waals surface area contributed by atoms with Crippen LogP contribution in [0.5, 0.6) is 5.88 Å². The summed E-state index contributed by atoms with van der Waals surface area (Å²) in [5.41, 5.74) is 7.96. The van der Waals surface area contributed by atoms with Crippen LogP contribution in [0.1, 0.15) is 43.2 Å². The average Bonchev–Trinajstić information content (AvgIpc) is 2.31. The van der Waals surface area contributed by atoms with Gasteiger partial charge in [0.25, 0.3) is 0 Å². The number of pyridine rings is 1. The standard InChI is InChI=1S/C13H20N2O/c1-10-7-8-15-13(12(10)9-14)16-11-5-3-2-4-6-11/h7-8,11H,2-6,9,14H2,1H3. The van der Waals surface area contributed by atoms with Crippen molar-refractivity contribution < 1.29 is 4.74 Å². The van der Waals surface area contributed by atoms with Crippen LogP contribution in [0.15, 0.2) is 12.3 Å². The lowest BCUT2D eigenvalue weighted by Gasteiger charge is -2.23. The Labute approximate surface area is 97.0 Å². The second-order valence-corrected chi connectivity index (χ2v) is 4.49. The molecule has 0 saturated heterocycles. The molecule has 0 unspecified atom stereocenters. The Morgan fingerprint density at radius 2 is 2.12 bits per heavy atom. The zero-order valence-corrected chi connectivity index (χ0v) is 9.91. The van der Waals surface area contributed by atoms with Crippen molar-refractivity contribution in [1.29, 1.82) is 0 Å². The van der Waals surface area contributed by atoms with Crippen LogP contribution in [0, 0.1) is 6.92 Å². The minimum atomic E-state index is 0.341. The van der Waals surface area contributed by atoms with Crippen molar-refractivity contribution in [3.8, 4) is 5.88 Å². The van der Waals surface area contributed by atoms with Gasteiger partial charge in [0.05, 0.1) is 0 Å². The van der Waals surface area contributed by atoms with E-state index in [4.69, 9.17) is 10.5 Å². The van der Waals surface area contributed by atoms with Gasteiger partial charge in [-0.25, -0.2) is 4.98 Å². The predicted octanol–water partition coefficient (Wildman–Crippen LogP) is 2.56. The van der Waals surface area contributed by atoms with Crippen molar-refractivity contribution in [1.82, 2.24) is 4.98 Å². The third-order valence-electron chi connectivity index (χ3n) is 3.29. The number of nitrogens with zero attached hydrogens (tertiary/aromatic N) is 1. The van der Waals surface area contributed by atoms with E-state index in [1.165, 1.54) is 24.8 Å². The highest BCUT2D eigenvalue weighted by Gasteiger charge is 2.17. The van der Waals surface area contributed by atoms with Gasteiger partial charge in [-0.2, -0.15) is 0 Å². The minimum absolute atomic E-state index is 0.341. The Morgan fingerprint density at radius 1 is 1.38 bits per heavy atom. The van der Waals surface area contributed by atoms with Gasteiger partial charge < -0.3 is 10.5 Å². The Balaban J connectivity index is 2.10. The van der Waals surface area contributed by atoms with Gasteiger partial charge in [-0.1, -0.05) is 6.42 Å². The monoisotopic (exact) mass is 220 g/mol. The number of aromatic nitrogens is 1. The molecule has 2 rings (SSSR count). The highest BCUT2D eigenvalue weighted by atomic mass is 16.5. The smallest absolute Gasteiger partial charge is 0.218 e. The summed E-state index contributed by atoms with van der Waals surface area (Å²) in [5, 5.41) is 0. The van der Waals surface area contributed by atoms with E-state index >= 15 is 0 Å². The largest absolute Gasteiger partial charge is 0.474 e. The van der Waals surface area contributed by atoms with E-state index in [0.717, 1.165) is 24.3 Å². The fourth-order valence-corrected chi connectivity index (χ4v) is 2.25. The zero-order chi connectivity index (χ0) is 11.4. The quantitative estimate of drug-likeness (QED) is 0.851. The van der Waals surface area contributed by atoms with Crippen molar-refractivity contribution in [2.45, 2.75) is 51.7 Å². The summed E-state index contributed by atoms with van der Waals surface area (Å²) in [6, 6.07) is 1.98. The molecular weight excluding hydrogens is 200 g/mol. The summed E-state index contributed by atoms with van der Waals surface area (Å²) in [6.45, 7) is 2.55. The van der Waals surface area contributed by atoms with Gasteiger partial charge in [0.15, 0.2) is 0 Å². The van der Waals surface area contributed by atoms with Crippen molar-refractivity contribution >= 4 is 0 Å². The molecule has 0 bridgehead atoms. The molecule has 0 spiro atoms. The van der Waals surface area contributed by atoms with E-state index in [0.29, 0.717) is 12.6 Å². The molecule has 2 N–H and O–H groups in total. The van der Waals surface area contributed by atoms with E-state index in [2.05, 4.69) is 11.9 Å². The van der Waals surface area contributed by atoms with Crippen LogP contribution in [-0.2, 0) is 6.54 Å². The maximum atomic E-state index is 5.97. The van der Waals surface area contributed by atoms with Gasteiger partial charge >= 0.3 is 0 Å². The van der Waals surface area contributed by atoms with Crippen molar-refractivity contribution in [3.05, 3.63) is 23.4 Å². The molecule has 1 saturated carbocycles. The SMILES string of the molecule is Cc1ccnc(OC2CCCCC2)c1CN. The van der Waals surface area contributed by atoms with Crippen LogP contribution >= 0.6 is 0 Å². The van der Waals surface area contributed by atoms with Gasteiger partial charge in [-0.3, -0.25) is 0 Å². The second kappa shape index (κ2) is 5.30. The van der Waals surface area contributed by atoms with Gasteiger partial charge in [0, 0.05) is 18.3 Å². The molecule has 1 fully saturated rings. The number of nitrogens with two attached hydrogens (primary N) is 1. The van der Waals surface area contributed by atoms with Crippen LogP contribution in [0.2, 0.25) is 0 Å². The third-order valence-corrected chi connectivity index (χ3v) is 3.29. The summed E-state index contributed by atoms with van der Waals surface area (Å²) >= 11 is 0. The molecule has 0 atom stereocenters. The Morgan fingerprint density at radius 3 is 2.81 bits per heavy atom. The molecule has 1 heterocycles. The minimum Gasteiger partial charge on any atom is -0.474 e. The molecule has 1 aliphatic carbocycles. The van der Waals surface area contributed by atoms with Gasteiger partial charge in [-0.15, -0.1) is 0 Å². The van der Waals surface area contributed by atoms with Crippen LogP contribution in [0.4, 0.5) is 0 Å². The predicted molar refractivity (Wildman–Crippen MR) is 64.4 cm³/mol. The van der Waals surface area contributed by atoms with Crippen molar-refractivity contribution in [3.63, 3.8) is 0 Å². The highest BCUT2D eigenvalue weighted by molar-refractivity contribution is 5.33. The van der Waals surface area contributed by atoms with Gasteiger partial charge in [0.2, 0.25) is 5.88 Å². The average molecular weight is 220 g/mol. The number of aryl methyl sites for hydroxylation is 1. The van der Waals surface area contributed by atoms with Crippen LogP contribution in [0.25, 0.3) is 0 Å². The first-order valence-corrected chi connectivity index (χ1v) is 6.12. The summed E-state index contributed by atoms with van der Waals surface area (Å²) in [4.78, 5) is 4.30. The van der Waals surface area contributed by atoms with E-state index in [9.17, 15) is 0 Å².